The zero-order valence-corrected chi connectivity index (χ0v) is 15.8. The molecular weight excluding hydrogens is 341 g/mol. The molecule has 4 rings (SSSR count). The van der Waals surface area contributed by atoms with Crippen molar-refractivity contribution in [1.82, 2.24) is 15.1 Å². The molecule has 1 aromatic heterocycles. The molecule has 2 aliphatic rings. The van der Waals surface area contributed by atoms with E-state index in [0.717, 1.165) is 49.4 Å². The maximum absolute atomic E-state index is 14.5. The largest absolute Gasteiger partial charge is 0.364 e. The highest BCUT2D eigenvalue weighted by molar-refractivity contribution is 5.63. The van der Waals surface area contributed by atoms with Crippen LogP contribution in [0.4, 0.5) is 10.1 Å². The van der Waals surface area contributed by atoms with Crippen LogP contribution in [0.5, 0.6) is 0 Å². The fraction of sp³-hybridized carbons (Fsp3) is 0.476. The number of benzene rings is 1. The summed E-state index contributed by atoms with van der Waals surface area (Å²) in [7, 11) is 0. The minimum Gasteiger partial charge on any atom is -0.364 e. The fourth-order valence-corrected chi connectivity index (χ4v) is 4.16. The third-order valence-corrected chi connectivity index (χ3v) is 5.41. The molecule has 2 heterocycles. The first-order chi connectivity index (χ1) is 13.1. The summed E-state index contributed by atoms with van der Waals surface area (Å²) in [6.07, 6.45) is 3.54. The number of hydrogen-bond donors (Lipinski definition) is 0. The van der Waals surface area contributed by atoms with Crippen molar-refractivity contribution < 1.29 is 4.39 Å². The summed E-state index contributed by atoms with van der Waals surface area (Å²) in [4.78, 5) is 4.66. The van der Waals surface area contributed by atoms with Gasteiger partial charge in [0.1, 0.15) is 17.4 Å². The summed E-state index contributed by atoms with van der Waals surface area (Å²) in [6.45, 7) is 6.70. The quantitative estimate of drug-likeness (QED) is 0.815. The maximum Gasteiger partial charge on any atom is 0.143 e. The number of hydrogen-bond acceptors (Lipinski definition) is 5. The number of fused-ring (bicyclic) bond motifs is 1. The molecule has 1 saturated heterocycles. The van der Waals surface area contributed by atoms with Crippen molar-refractivity contribution in [3.05, 3.63) is 53.1 Å². The molecule has 1 aromatic carbocycles. The molecule has 2 fully saturated rings. The summed E-state index contributed by atoms with van der Waals surface area (Å²) >= 11 is 0. The average Bonchev–Trinajstić information content (AvgIpc) is 3.43. The van der Waals surface area contributed by atoms with Gasteiger partial charge in [-0.3, -0.25) is 4.90 Å². The highest BCUT2D eigenvalue weighted by Gasteiger charge is 2.49. The Kier molecular flexibility index (Phi) is 4.79. The molecule has 1 aliphatic heterocycles. The smallest absolute Gasteiger partial charge is 0.143 e. The van der Waals surface area contributed by atoms with Crippen molar-refractivity contribution in [3.63, 3.8) is 0 Å². The molecule has 0 spiro atoms. The summed E-state index contributed by atoms with van der Waals surface area (Å²) in [6, 6.07) is 10.3. The lowest BCUT2D eigenvalue weighted by Gasteiger charge is -2.36. The maximum atomic E-state index is 14.5. The van der Waals surface area contributed by atoms with E-state index in [2.05, 4.69) is 39.9 Å². The third kappa shape index (κ3) is 3.65. The Hall–Kier alpha value is -2.52. The fourth-order valence-electron chi connectivity index (χ4n) is 4.16. The summed E-state index contributed by atoms with van der Waals surface area (Å²) in [5.41, 5.74) is 2.88. The second kappa shape index (κ2) is 7.24. The first kappa shape index (κ1) is 17.9. The lowest BCUT2D eigenvalue weighted by molar-refractivity contribution is 0.230. The second-order valence-electron chi connectivity index (χ2n) is 7.93. The Balaban J connectivity index is 1.54. The predicted molar refractivity (Wildman–Crippen MR) is 102 cm³/mol. The van der Waals surface area contributed by atoms with E-state index in [1.165, 1.54) is 6.07 Å². The third-order valence-electron chi connectivity index (χ3n) is 5.41. The molecule has 2 unspecified atom stereocenters. The van der Waals surface area contributed by atoms with Gasteiger partial charge in [-0.1, -0.05) is 13.8 Å². The van der Waals surface area contributed by atoms with Crippen LogP contribution in [-0.2, 0) is 13.0 Å². The molecule has 0 amide bonds. The van der Waals surface area contributed by atoms with Gasteiger partial charge in [-0.25, -0.2) is 4.39 Å². The van der Waals surface area contributed by atoms with E-state index in [0.29, 0.717) is 18.0 Å². The number of piperazine rings is 1. The molecule has 27 heavy (non-hydrogen) atoms. The van der Waals surface area contributed by atoms with Crippen molar-refractivity contribution in [2.24, 2.45) is 5.92 Å². The van der Waals surface area contributed by atoms with Crippen LogP contribution in [0.1, 0.15) is 37.1 Å². The molecule has 2 atom stereocenters. The molecule has 0 radical (unpaired) electrons. The monoisotopic (exact) mass is 365 g/mol. The number of nitrogens with zero attached hydrogens (tertiary/aromatic N) is 5. The Morgan fingerprint density at radius 2 is 2.15 bits per heavy atom. The van der Waals surface area contributed by atoms with Crippen molar-refractivity contribution in [2.45, 2.75) is 45.3 Å². The SMILES string of the molecule is CC(C)Cc1cc(F)c(C#N)c(N2CCN(Cc3cccnn3)C3CC32)c1. The number of halogens is 1. The topological polar surface area (TPSA) is 56.1 Å². The molecule has 1 saturated carbocycles. The summed E-state index contributed by atoms with van der Waals surface area (Å²) < 4.78 is 14.5. The molecule has 5 nitrogen and oxygen atoms in total. The predicted octanol–water partition coefficient (Wildman–Crippen LogP) is 3.15. The molecule has 0 N–H and O–H groups in total. The van der Waals surface area contributed by atoms with E-state index in [-0.39, 0.29) is 5.56 Å². The van der Waals surface area contributed by atoms with Gasteiger partial charge in [-0.2, -0.15) is 15.5 Å². The Morgan fingerprint density at radius 3 is 2.85 bits per heavy atom. The second-order valence-corrected chi connectivity index (χ2v) is 7.93. The van der Waals surface area contributed by atoms with Crippen molar-refractivity contribution >= 4 is 5.69 Å². The minimum absolute atomic E-state index is 0.176. The van der Waals surface area contributed by atoms with Crippen LogP contribution in [0.15, 0.2) is 30.5 Å². The van der Waals surface area contributed by atoms with E-state index in [1.807, 2.05) is 18.2 Å². The highest BCUT2D eigenvalue weighted by Crippen LogP contribution is 2.41. The van der Waals surface area contributed by atoms with Gasteiger partial charge in [-0.05, 0) is 48.6 Å². The number of anilines is 1. The Bertz CT molecular complexity index is 861. The van der Waals surface area contributed by atoms with E-state index in [4.69, 9.17) is 0 Å². The zero-order chi connectivity index (χ0) is 19.0. The van der Waals surface area contributed by atoms with Gasteiger partial charge >= 0.3 is 0 Å². The molecular formula is C21H24FN5. The van der Waals surface area contributed by atoms with Gasteiger partial charge in [0.25, 0.3) is 0 Å². The number of aromatic nitrogens is 2. The van der Waals surface area contributed by atoms with Crippen molar-refractivity contribution in [3.8, 4) is 6.07 Å². The molecule has 6 heteroatoms. The lowest BCUT2D eigenvalue weighted by atomic mass is 9.99. The summed E-state index contributed by atoms with van der Waals surface area (Å²) in [5.74, 6) is 0.0486. The molecule has 140 valence electrons. The highest BCUT2D eigenvalue weighted by atomic mass is 19.1. The van der Waals surface area contributed by atoms with E-state index < -0.39 is 5.82 Å². The Labute approximate surface area is 159 Å². The van der Waals surface area contributed by atoms with E-state index >= 15 is 0 Å². The van der Waals surface area contributed by atoms with Crippen molar-refractivity contribution in [2.75, 3.05) is 18.0 Å². The zero-order valence-electron chi connectivity index (χ0n) is 15.8. The molecule has 1 aliphatic carbocycles. The minimum atomic E-state index is -0.398. The van der Waals surface area contributed by atoms with Gasteiger partial charge in [0.2, 0.25) is 0 Å². The van der Waals surface area contributed by atoms with Crippen LogP contribution in [0, 0.1) is 23.1 Å². The van der Waals surface area contributed by atoms with Crippen molar-refractivity contribution in [1.29, 1.82) is 5.26 Å². The summed E-state index contributed by atoms with van der Waals surface area (Å²) in [5, 5.41) is 17.6. The molecule has 2 aromatic rings. The van der Waals surface area contributed by atoms with Gasteiger partial charge in [0.05, 0.1) is 11.4 Å². The first-order valence-corrected chi connectivity index (χ1v) is 9.56. The average molecular weight is 365 g/mol. The number of rotatable bonds is 5. The van der Waals surface area contributed by atoms with Gasteiger partial charge < -0.3 is 4.90 Å². The van der Waals surface area contributed by atoms with Crippen LogP contribution < -0.4 is 4.90 Å². The molecule has 0 bridgehead atoms. The van der Waals surface area contributed by atoms with Crippen LogP contribution in [0.3, 0.4) is 0 Å². The van der Waals surface area contributed by atoms with Gasteiger partial charge in [-0.15, -0.1) is 0 Å². The first-order valence-electron chi connectivity index (χ1n) is 9.56. The standard InChI is InChI=1S/C21H24FN5/c1-14(2)8-15-9-18(22)17(12-23)19(10-15)27-7-6-26(20-11-21(20)27)13-16-4-3-5-24-25-16/h3-5,9-10,14,20-21H,6-8,11,13H2,1-2H3. The lowest BCUT2D eigenvalue weighted by Crippen LogP contribution is -2.46. The van der Waals surface area contributed by atoms with Crippen LogP contribution in [-0.4, -0.2) is 40.3 Å². The van der Waals surface area contributed by atoms with E-state index in [9.17, 15) is 9.65 Å². The Morgan fingerprint density at radius 1 is 1.30 bits per heavy atom. The van der Waals surface area contributed by atoms with Gasteiger partial charge in [0.15, 0.2) is 0 Å². The van der Waals surface area contributed by atoms with Crippen LogP contribution in [0.2, 0.25) is 0 Å². The van der Waals surface area contributed by atoms with Crippen LogP contribution in [0.25, 0.3) is 0 Å². The normalized spacial score (nSPS) is 21.8. The van der Waals surface area contributed by atoms with Gasteiger partial charge in [0, 0.05) is 37.9 Å². The van der Waals surface area contributed by atoms with Crippen LogP contribution >= 0.6 is 0 Å². The van der Waals surface area contributed by atoms with E-state index in [1.54, 1.807) is 6.20 Å². The number of nitriles is 1.